The molecule has 1 aliphatic rings. The van der Waals surface area contributed by atoms with Gasteiger partial charge in [0.1, 0.15) is 4.99 Å². The van der Waals surface area contributed by atoms with Gasteiger partial charge in [-0.1, -0.05) is 49.8 Å². The van der Waals surface area contributed by atoms with E-state index in [-0.39, 0.29) is 0 Å². The molecular weight excluding hydrogens is 276 g/mol. The third kappa shape index (κ3) is 2.75. The highest BCUT2D eigenvalue weighted by Gasteiger charge is 2.20. The highest BCUT2D eigenvalue weighted by atomic mass is 32.1. The standard InChI is InChI=1S/C18H22N2S/c1-2-13-9-11-20(12-10-13)17-8-7-16(18(19)21)14-5-3-4-6-15(14)17/h3-8,13H,2,9-12H2,1H3,(H2,19,21). The molecule has 0 aliphatic carbocycles. The zero-order chi connectivity index (χ0) is 14.8. The van der Waals surface area contributed by atoms with Crippen molar-refractivity contribution in [3.8, 4) is 0 Å². The van der Waals surface area contributed by atoms with Crippen molar-refractivity contribution in [2.24, 2.45) is 11.7 Å². The van der Waals surface area contributed by atoms with Gasteiger partial charge in [-0.3, -0.25) is 0 Å². The van der Waals surface area contributed by atoms with Gasteiger partial charge >= 0.3 is 0 Å². The number of rotatable bonds is 3. The number of piperidine rings is 1. The Labute approximate surface area is 131 Å². The van der Waals surface area contributed by atoms with Crippen LogP contribution in [0.2, 0.25) is 0 Å². The Balaban J connectivity index is 2.00. The molecule has 0 unspecified atom stereocenters. The molecule has 0 saturated carbocycles. The van der Waals surface area contributed by atoms with Crippen LogP contribution in [0.3, 0.4) is 0 Å². The number of nitrogens with zero attached hydrogens (tertiary/aromatic N) is 1. The van der Waals surface area contributed by atoms with Crippen molar-refractivity contribution in [1.82, 2.24) is 0 Å². The minimum atomic E-state index is 0.474. The molecule has 1 saturated heterocycles. The Morgan fingerprint density at radius 2 is 1.81 bits per heavy atom. The Kier molecular flexibility index (Phi) is 4.11. The zero-order valence-electron chi connectivity index (χ0n) is 12.5. The Hall–Kier alpha value is -1.61. The lowest BCUT2D eigenvalue weighted by Gasteiger charge is -2.34. The van der Waals surface area contributed by atoms with E-state index in [4.69, 9.17) is 18.0 Å². The first-order chi connectivity index (χ1) is 10.2. The molecule has 0 atom stereocenters. The molecule has 2 aromatic rings. The van der Waals surface area contributed by atoms with Crippen molar-refractivity contribution in [3.05, 3.63) is 42.0 Å². The molecule has 2 nitrogen and oxygen atoms in total. The maximum Gasteiger partial charge on any atom is 0.104 e. The molecule has 1 fully saturated rings. The predicted octanol–water partition coefficient (Wildman–Crippen LogP) is 4.10. The fourth-order valence-electron chi connectivity index (χ4n) is 3.36. The van der Waals surface area contributed by atoms with Gasteiger partial charge in [-0.15, -0.1) is 0 Å². The summed E-state index contributed by atoms with van der Waals surface area (Å²) in [6.07, 6.45) is 3.89. The van der Waals surface area contributed by atoms with Crippen LogP contribution in [0.5, 0.6) is 0 Å². The molecule has 0 bridgehead atoms. The summed E-state index contributed by atoms with van der Waals surface area (Å²) >= 11 is 5.18. The molecule has 21 heavy (non-hydrogen) atoms. The summed E-state index contributed by atoms with van der Waals surface area (Å²) < 4.78 is 0. The van der Waals surface area contributed by atoms with Gasteiger partial charge in [0.15, 0.2) is 0 Å². The maximum atomic E-state index is 5.86. The van der Waals surface area contributed by atoms with E-state index in [9.17, 15) is 0 Å². The molecular formula is C18H22N2S. The second-order valence-electron chi connectivity index (χ2n) is 5.88. The molecule has 0 amide bonds. The number of anilines is 1. The van der Waals surface area contributed by atoms with Crippen molar-refractivity contribution in [2.45, 2.75) is 26.2 Å². The molecule has 1 heterocycles. The summed E-state index contributed by atoms with van der Waals surface area (Å²) in [6, 6.07) is 12.7. The number of hydrogen-bond donors (Lipinski definition) is 1. The largest absolute Gasteiger partial charge is 0.389 e. The van der Waals surface area contributed by atoms with Crippen LogP contribution in [0.1, 0.15) is 31.7 Å². The van der Waals surface area contributed by atoms with Crippen molar-refractivity contribution < 1.29 is 0 Å². The first-order valence-corrected chi connectivity index (χ1v) is 8.18. The second-order valence-corrected chi connectivity index (χ2v) is 6.32. The van der Waals surface area contributed by atoms with Gasteiger partial charge in [0, 0.05) is 29.7 Å². The number of nitrogens with two attached hydrogens (primary N) is 1. The number of hydrogen-bond acceptors (Lipinski definition) is 2. The smallest absolute Gasteiger partial charge is 0.104 e. The average molecular weight is 298 g/mol. The van der Waals surface area contributed by atoms with E-state index in [1.807, 2.05) is 0 Å². The van der Waals surface area contributed by atoms with E-state index < -0.39 is 0 Å². The van der Waals surface area contributed by atoms with Gasteiger partial charge < -0.3 is 10.6 Å². The third-order valence-electron chi connectivity index (χ3n) is 4.70. The average Bonchev–Trinajstić information content (AvgIpc) is 2.54. The van der Waals surface area contributed by atoms with Crippen LogP contribution in [-0.2, 0) is 0 Å². The lowest BCUT2D eigenvalue weighted by Crippen LogP contribution is -2.33. The fraction of sp³-hybridized carbons (Fsp3) is 0.389. The SMILES string of the molecule is CCC1CCN(c2ccc(C(N)=S)c3ccccc23)CC1. The van der Waals surface area contributed by atoms with Crippen molar-refractivity contribution in [2.75, 3.05) is 18.0 Å². The molecule has 3 heteroatoms. The maximum absolute atomic E-state index is 5.86. The number of benzene rings is 2. The summed E-state index contributed by atoms with van der Waals surface area (Å²) in [4.78, 5) is 2.99. The zero-order valence-corrected chi connectivity index (χ0v) is 13.3. The van der Waals surface area contributed by atoms with Crippen LogP contribution >= 0.6 is 12.2 Å². The van der Waals surface area contributed by atoms with Crippen molar-refractivity contribution in [1.29, 1.82) is 0 Å². The molecule has 2 N–H and O–H groups in total. The molecule has 0 aromatic heterocycles. The minimum absolute atomic E-state index is 0.474. The summed E-state index contributed by atoms with van der Waals surface area (Å²) in [5, 5.41) is 2.43. The van der Waals surface area contributed by atoms with Gasteiger partial charge in [0.05, 0.1) is 0 Å². The summed E-state index contributed by atoms with van der Waals surface area (Å²) in [5.74, 6) is 0.892. The van der Waals surface area contributed by atoms with E-state index in [1.165, 1.54) is 35.7 Å². The van der Waals surface area contributed by atoms with Crippen molar-refractivity contribution in [3.63, 3.8) is 0 Å². The summed E-state index contributed by atoms with van der Waals surface area (Å²) in [7, 11) is 0. The van der Waals surface area contributed by atoms with Crippen LogP contribution in [0.15, 0.2) is 36.4 Å². The highest BCUT2D eigenvalue weighted by Crippen LogP contribution is 2.32. The molecule has 0 radical (unpaired) electrons. The van der Waals surface area contributed by atoms with Crippen LogP contribution < -0.4 is 10.6 Å². The number of thiocarbonyl (C=S) groups is 1. The van der Waals surface area contributed by atoms with E-state index in [1.54, 1.807) is 0 Å². The normalized spacial score (nSPS) is 16.3. The quantitative estimate of drug-likeness (QED) is 0.865. The predicted molar refractivity (Wildman–Crippen MR) is 95.1 cm³/mol. The minimum Gasteiger partial charge on any atom is -0.389 e. The molecule has 110 valence electrons. The highest BCUT2D eigenvalue weighted by molar-refractivity contribution is 7.80. The molecule has 0 spiro atoms. The molecule has 1 aliphatic heterocycles. The van der Waals surface area contributed by atoms with Gasteiger partial charge in [0.2, 0.25) is 0 Å². The lowest BCUT2D eigenvalue weighted by molar-refractivity contribution is 0.395. The molecule has 2 aromatic carbocycles. The van der Waals surface area contributed by atoms with Crippen molar-refractivity contribution >= 4 is 33.7 Å². The first-order valence-electron chi connectivity index (χ1n) is 7.77. The monoisotopic (exact) mass is 298 g/mol. The topological polar surface area (TPSA) is 29.3 Å². The van der Waals surface area contributed by atoms with Gasteiger partial charge in [-0.25, -0.2) is 0 Å². The Morgan fingerprint density at radius 3 is 2.43 bits per heavy atom. The van der Waals surface area contributed by atoms with Crippen LogP contribution in [0, 0.1) is 5.92 Å². The van der Waals surface area contributed by atoms with Crippen LogP contribution in [0.25, 0.3) is 10.8 Å². The van der Waals surface area contributed by atoms with Gasteiger partial charge in [-0.2, -0.15) is 0 Å². The first kappa shape index (κ1) is 14.3. The summed E-state index contributed by atoms with van der Waals surface area (Å²) in [5.41, 5.74) is 8.16. The van der Waals surface area contributed by atoms with Crippen LogP contribution in [-0.4, -0.2) is 18.1 Å². The van der Waals surface area contributed by atoms with E-state index in [0.29, 0.717) is 4.99 Å². The third-order valence-corrected chi connectivity index (χ3v) is 4.92. The Morgan fingerprint density at radius 1 is 1.14 bits per heavy atom. The Bertz CT molecular complexity index is 657. The van der Waals surface area contributed by atoms with E-state index >= 15 is 0 Å². The summed E-state index contributed by atoms with van der Waals surface area (Å²) in [6.45, 7) is 4.59. The number of fused-ring (bicyclic) bond motifs is 1. The molecule has 3 rings (SSSR count). The lowest BCUT2D eigenvalue weighted by atomic mass is 9.93. The van der Waals surface area contributed by atoms with Gasteiger partial charge in [0.25, 0.3) is 0 Å². The van der Waals surface area contributed by atoms with Crippen LogP contribution in [0.4, 0.5) is 5.69 Å². The van der Waals surface area contributed by atoms with E-state index in [0.717, 1.165) is 24.6 Å². The van der Waals surface area contributed by atoms with Gasteiger partial charge in [-0.05, 0) is 36.3 Å². The fourth-order valence-corrected chi connectivity index (χ4v) is 3.53. The van der Waals surface area contributed by atoms with E-state index in [2.05, 4.69) is 48.2 Å². The second kappa shape index (κ2) is 6.02.